The highest BCUT2D eigenvalue weighted by Gasteiger charge is 2.49. The van der Waals surface area contributed by atoms with Crippen molar-refractivity contribution < 1.29 is 19.1 Å². The van der Waals surface area contributed by atoms with Crippen molar-refractivity contribution >= 4 is 33.8 Å². The Labute approximate surface area is 171 Å². The molecular formula is C20H20BrN3O4. The molecule has 3 rings (SSSR count). The van der Waals surface area contributed by atoms with E-state index in [4.69, 9.17) is 4.74 Å². The highest BCUT2D eigenvalue weighted by molar-refractivity contribution is 9.10. The number of urea groups is 1. The minimum absolute atomic E-state index is 0.123. The van der Waals surface area contributed by atoms with Crippen LogP contribution in [0.4, 0.5) is 4.79 Å². The molecule has 0 saturated carbocycles. The summed E-state index contributed by atoms with van der Waals surface area (Å²) in [6.07, 6.45) is 0.575. The highest BCUT2D eigenvalue weighted by atomic mass is 79.9. The van der Waals surface area contributed by atoms with Crippen LogP contribution in [0.15, 0.2) is 53.0 Å². The van der Waals surface area contributed by atoms with Gasteiger partial charge < -0.3 is 10.1 Å². The molecular weight excluding hydrogens is 426 g/mol. The Hall–Kier alpha value is -2.87. The van der Waals surface area contributed by atoms with Gasteiger partial charge in [0, 0.05) is 6.42 Å². The maximum Gasteiger partial charge on any atom is 0.344 e. The molecule has 1 saturated heterocycles. The maximum atomic E-state index is 12.8. The van der Waals surface area contributed by atoms with Gasteiger partial charge in [-0.1, -0.05) is 36.4 Å². The van der Waals surface area contributed by atoms with Crippen molar-refractivity contribution in [2.45, 2.75) is 25.3 Å². The normalized spacial score (nSPS) is 18.8. The van der Waals surface area contributed by atoms with E-state index in [0.717, 1.165) is 15.0 Å². The smallest absolute Gasteiger partial charge is 0.344 e. The third kappa shape index (κ3) is 3.87. The van der Waals surface area contributed by atoms with Crippen molar-refractivity contribution in [3.8, 4) is 5.75 Å². The number of nitrogens with zero attached hydrogens (tertiary/aromatic N) is 1. The number of hydrazine groups is 1. The Balaban J connectivity index is 1.63. The van der Waals surface area contributed by atoms with Crippen molar-refractivity contribution in [3.63, 3.8) is 0 Å². The van der Waals surface area contributed by atoms with Crippen LogP contribution in [0.2, 0.25) is 0 Å². The monoisotopic (exact) mass is 445 g/mol. The van der Waals surface area contributed by atoms with Gasteiger partial charge in [-0.15, -0.1) is 0 Å². The summed E-state index contributed by atoms with van der Waals surface area (Å²) in [5, 5.41) is 3.40. The largest absolute Gasteiger partial charge is 0.496 e. The fourth-order valence-electron chi connectivity index (χ4n) is 3.01. The van der Waals surface area contributed by atoms with E-state index in [-0.39, 0.29) is 6.42 Å². The molecule has 0 spiro atoms. The summed E-state index contributed by atoms with van der Waals surface area (Å²) in [4.78, 5) is 37.3. The van der Waals surface area contributed by atoms with Gasteiger partial charge in [-0.3, -0.25) is 15.0 Å². The van der Waals surface area contributed by atoms with Crippen LogP contribution in [0.25, 0.3) is 0 Å². The average Bonchev–Trinajstić information content (AvgIpc) is 2.91. The Bertz CT molecular complexity index is 919. The lowest BCUT2D eigenvalue weighted by Gasteiger charge is -2.22. The predicted octanol–water partition coefficient (Wildman–Crippen LogP) is 2.89. The summed E-state index contributed by atoms with van der Waals surface area (Å²) in [7, 11) is 1.58. The lowest BCUT2D eigenvalue weighted by Crippen LogP contribution is -2.48. The number of imide groups is 1. The number of hydrogen-bond acceptors (Lipinski definition) is 4. The molecule has 1 heterocycles. The molecule has 0 radical (unpaired) electrons. The Morgan fingerprint density at radius 1 is 1.21 bits per heavy atom. The minimum atomic E-state index is -1.22. The molecule has 146 valence electrons. The van der Waals surface area contributed by atoms with Crippen molar-refractivity contribution in [2.24, 2.45) is 0 Å². The molecule has 2 aromatic carbocycles. The first-order valence-electron chi connectivity index (χ1n) is 8.69. The van der Waals surface area contributed by atoms with Crippen LogP contribution in [-0.4, -0.2) is 30.0 Å². The third-order valence-corrected chi connectivity index (χ3v) is 5.26. The Kier molecular flexibility index (Phi) is 5.69. The molecule has 1 unspecified atom stereocenters. The molecule has 28 heavy (non-hydrogen) atoms. The van der Waals surface area contributed by atoms with E-state index < -0.39 is 23.4 Å². The zero-order chi connectivity index (χ0) is 20.3. The van der Waals surface area contributed by atoms with Crippen LogP contribution in [-0.2, 0) is 21.5 Å². The number of ether oxygens (including phenoxy) is 1. The Morgan fingerprint density at radius 3 is 2.57 bits per heavy atom. The lowest BCUT2D eigenvalue weighted by atomic mass is 9.92. The van der Waals surface area contributed by atoms with Gasteiger partial charge in [-0.05, 0) is 52.5 Å². The standard InChI is InChI=1S/C20H20BrN3O4/c1-20(14-6-4-3-5-7-14)18(26)24(19(27)22-20)23-17(25)11-9-13-8-10-16(28-2)15(21)12-13/h3-8,10,12H,9,11H2,1-2H3,(H,22,27)(H,23,25). The molecule has 4 amide bonds. The van der Waals surface area contributed by atoms with Gasteiger partial charge in [-0.25, -0.2) is 4.79 Å². The second-order valence-electron chi connectivity index (χ2n) is 6.57. The summed E-state index contributed by atoms with van der Waals surface area (Å²) < 4.78 is 5.97. The van der Waals surface area contributed by atoms with E-state index in [1.54, 1.807) is 44.4 Å². The number of halogens is 1. The molecule has 0 aromatic heterocycles. The van der Waals surface area contributed by atoms with Crippen LogP contribution in [0, 0.1) is 0 Å². The topological polar surface area (TPSA) is 87.7 Å². The molecule has 2 aromatic rings. The molecule has 1 atom stereocenters. The summed E-state index contributed by atoms with van der Waals surface area (Å²) in [6.45, 7) is 1.61. The minimum Gasteiger partial charge on any atom is -0.496 e. The number of aryl methyl sites for hydroxylation is 1. The number of hydrogen-bond donors (Lipinski definition) is 2. The van der Waals surface area contributed by atoms with Gasteiger partial charge in [0.2, 0.25) is 5.91 Å². The molecule has 1 aliphatic rings. The molecule has 1 aliphatic heterocycles. The second kappa shape index (κ2) is 8.02. The molecule has 0 bridgehead atoms. The summed E-state index contributed by atoms with van der Waals surface area (Å²) >= 11 is 3.40. The van der Waals surface area contributed by atoms with Gasteiger partial charge >= 0.3 is 6.03 Å². The Morgan fingerprint density at radius 2 is 1.93 bits per heavy atom. The number of rotatable bonds is 6. The van der Waals surface area contributed by atoms with Crippen LogP contribution in [0.3, 0.4) is 0 Å². The fourth-order valence-corrected chi connectivity index (χ4v) is 3.60. The van der Waals surface area contributed by atoms with Crippen LogP contribution < -0.4 is 15.5 Å². The van der Waals surface area contributed by atoms with Gasteiger partial charge in [0.05, 0.1) is 11.6 Å². The molecule has 0 aliphatic carbocycles. The number of carbonyl (C=O) groups excluding carboxylic acids is 3. The second-order valence-corrected chi connectivity index (χ2v) is 7.42. The number of benzene rings is 2. The van der Waals surface area contributed by atoms with Crippen molar-refractivity contribution in [1.29, 1.82) is 0 Å². The number of nitrogens with one attached hydrogen (secondary N) is 2. The molecule has 7 nitrogen and oxygen atoms in total. The van der Waals surface area contributed by atoms with E-state index in [2.05, 4.69) is 26.7 Å². The summed E-state index contributed by atoms with van der Waals surface area (Å²) in [6, 6.07) is 13.8. The van der Waals surface area contributed by atoms with Gasteiger partial charge in [0.15, 0.2) is 0 Å². The fraction of sp³-hybridized carbons (Fsp3) is 0.250. The predicted molar refractivity (Wildman–Crippen MR) is 106 cm³/mol. The quantitative estimate of drug-likeness (QED) is 0.669. The first-order valence-corrected chi connectivity index (χ1v) is 9.48. The van der Waals surface area contributed by atoms with E-state index >= 15 is 0 Å². The van der Waals surface area contributed by atoms with Crippen molar-refractivity contribution in [2.75, 3.05) is 7.11 Å². The maximum absolute atomic E-state index is 12.8. The lowest BCUT2D eigenvalue weighted by molar-refractivity contribution is -0.138. The van der Waals surface area contributed by atoms with E-state index in [1.807, 2.05) is 18.2 Å². The van der Waals surface area contributed by atoms with Crippen molar-refractivity contribution in [3.05, 3.63) is 64.1 Å². The van der Waals surface area contributed by atoms with Crippen LogP contribution >= 0.6 is 15.9 Å². The van der Waals surface area contributed by atoms with E-state index in [1.165, 1.54) is 0 Å². The zero-order valence-electron chi connectivity index (χ0n) is 15.5. The SMILES string of the molecule is COc1ccc(CCC(=O)NN2C(=O)NC(C)(c3ccccc3)C2=O)cc1Br. The van der Waals surface area contributed by atoms with Crippen molar-refractivity contribution in [1.82, 2.24) is 15.8 Å². The number of amides is 4. The van der Waals surface area contributed by atoms with Gasteiger partial charge in [0.25, 0.3) is 5.91 Å². The average molecular weight is 446 g/mol. The zero-order valence-corrected chi connectivity index (χ0v) is 17.1. The first-order chi connectivity index (χ1) is 13.3. The van der Waals surface area contributed by atoms with Crippen LogP contribution in [0.5, 0.6) is 5.75 Å². The molecule has 1 fully saturated rings. The van der Waals surface area contributed by atoms with Gasteiger partial charge in [0.1, 0.15) is 11.3 Å². The number of carbonyl (C=O) groups is 3. The van der Waals surface area contributed by atoms with E-state index in [9.17, 15) is 14.4 Å². The third-order valence-electron chi connectivity index (χ3n) is 4.64. The van der Waals surface area contributed by atoms with Crippen LogP contribution in [0.1, 0.15) is 24.5 Å². The highest BCUT2D eigenvalue weighted by Crippen LogP contribution is 2.28. The molecule has 8 heteroatoms. The molecule has 2 N–H and O–H groups in total. The summed E-state index contributed by atoms with van der Waals surface area (Å²) in [5.74, 6) is -0.246. The number of methoxy groups -OCH3 is 1. The van der Waals surface area contributed by atoms with Gasteiger partial charge in [-0.2, -0.15) is 5.01 Å². The van der Waals surface area contributed by atoms with E-state index in [0.29, 0.717) is 17.7 Å². The summed E-state index contributed by atoms with van der Waals surface area (Å²) in [5.41, 5.74) is 2.76. The first kappa shape index (κ1) is 19.9.